The van der Waals surface area contributed by atoms with E-state index >= 15 is 0 Å². The lowest BCUT2D eigenvalue weighted by Crippen LogP contribution is -2.15. The number of carbonyl (C=O) groups excluding carboxylic acids is 1. The van der Waals surface area contributed by atoms with Gasteiger partial charge >= 0.3 is 0 Å². The van der Waals surface area contributed by atoms with Crippen LogP contribution in [0.5, 0.6) is 0 Å². The Morgan fingerprint density at radius 1 is 1.31 bits per heavy atom. The van der Waals surface area contributed by atoms with Crippen molar-refractivity contribution in [3.05, 3.63) is 76.3 Å². The Hall–Kier alpha value is -2.96. The first-order valence-electron chi connectivity index (χ1n) is 9.36. The van der Waals surface area contributed by atoms with Crippen LogP contribution in [0.2, 0.25) is 5.02 Å². The van der Waals surface area contributed by atoms with Gasteiger partial charge in [0, 0.05) is 40.7 Å². The highest BCUT2D eigenvalue weighted by molar-refractivity contribution is 6.31. The molecule has 1 atom stereocenters. The van der Waals surface area contributed by atoms with Crippen LogP contribution in [0.25, 0.3) is 5.65 Å². The van der Waals surface area contributed by atoms with E-state index < -0.39 is 0 Å². The van der Waals surface area contributed by atoms with Gasteiger partial charge in [-0.25, -0.2) is 4.98 Å². The quantitative estimate of drug-likeness (QED) is 0.663. The molecule has 1 aliphatic heterocycles. The molecule has 3 aromatic rings. The fourth-order valence-corrected chi connectivity index (χ4v) is 3.47. The molecule has 1 unspecified atom stereocenters. The molecule has 2 aromatic heterocycles. The number of halogens is 1. The molecule has 1 aromatic carbocycles. The number of benzene rings is 1. The third-order valence-corrected chi connectivity index (χ3v) is 5.12. The van der Waals surface area contributed by atoms with E-state index in [0.717, 1.165) is 23.4 Å². The Balaban J connectivity index is 1.51. The molecule has 4 rings (SSSR count). The number of aliphatic imine (C=N–C) groups is 1. The molecule has 29 heavy (non-hydrogen) atoms. The number of rotatable bonds is 5. The summed E-state index contributed by atoms with van der Waals surface area (Å²) in [5.41, 5.74) is 4.52. The molecule has 3 heterocycles. The average Bonchev–Trinajstić information content (AvgIpc) is 3.13. The maximum Gasteiger partial charge on any atom is 0.259 e. The lowest BCUT2D eigenvalue weighted by Gasteiger charge is -2.15. The van der Waals surface area contributed by atoms with Gasteiger partial charge in [-0.1, -0.05) is 17.7 Å². The summed E-state index contributed by atoms with van der Waals surface area (Å²) >= 11 is 6.31. The predicted octanol–water partition coefficient (Wildman–Crippen LogP) is 4.73. The van der Waals surface area contributed by atoms with Crippen molar-refractivity contribution in [1.82, 2.24) is 9.38 Å². The maximum absolute atomic E-state index is 12.9. The predicted molar refractivity (Wildman–Crippen MR) is 115 cm³/mol. The lowest BCUT2D eigenvalue weighted by molar-refractivity contribution is 0.0886. The second-order valence-electron chi connectivity index (χ2n) is 6.99. The first kappa shape index (κ1) is 19.4. The van der Waals surface area contributed by atoms with Crippen LogP contribution < -0.4 is 5.32 Å². The van der Waals surface area contributed by atoms with Crippen molar-refractivity contribution in [2.24, 2.45) is 4.99 Å². The van der Waals surface area contributed by atoms with Gasteiger partial charge in [0.05, 0.1) is 18.3 Å². The number of hydrogen-bond donors (Lipinski definition) is 1. The molecule has 6 nitrogen and oxygen atoms in total. The van der Waals surface area contributed by atoms with Gasteiger partial charge in [-0.05, 0) is 56.2 Å². The van der Waals surface area contributed by atoms with Crippen LogP contribution in [-0.2, 0) is 11.3 Å². The van der Waals surface area contributed by atoms with Gasteiger partial charge in [0.2, 0.25) is 0 Å². The number of ether oxygens (including phenoxy) is 1. The van der Waals surface area contributed by atoms with Gasteiger partial charge in [-0.2, -0.15) is 0 Å². The van der Waals surface area contributed by atoms with Crippen LogP contribution in [0.15, 0.2) is 53.8 Å². The normalized spacial score (nSPS) is 15.8. The van der Waals surface area contributed by atoms with E-state index in [1.54, 1.807) is 30.6 Å². The molecule has 0 spiro atoms. The largest absolute Gasteiger partial charge is 0.368 e. The van der Waals surface area contributed by atoms with Crippen LogP contribution in [0.4, 0.5) is 5.69 Å². The Labute approximate surface area is 173 Å². The average molecular weight is 409 g/mol. The topological polar surface area (TPSA) is 68.0 Å². The summed E-state index contributed by atoms with van der Waals surface area (Å²) in [7, 11) is 0. The first-order valence-corrected chi connectivity index (χ1v) is 9.74. The van der Waals surface area contributed by atoms with E-state index in [2.05, 4.69) is 15.3 Å². The Morgan fingerprint density at radius 2 is 2.17 bits per heavy atom. The van der Waals surface area contributed by atoms with Crippen molar-refractivity contribution in [2.75, 3.05) is 5.32 Å². The summed E-state index contributed by atoms with van der Waals surface area (Å²) in [4.78, 5) is 21.5. The van der Waals surface area contributed by atoms with Crippen molar-refractivity contribution in [3.8, 4) is 0 Å². The Bertz CT molecular complexity index is 1130. The molecule has 0 saturated heterocycles. The molecule has 0 radical (unpaired) electrons. The van der Waals surface area contributed by atoms with E-state index in [4.69, 9.17) is 16.3 Å². The number of amides is 1. The zero-order chi connectivity index (χ0) is 20.4. The smallest absolute Gasteiger partial charge is 0.259 e. The van der Waals surface area contributed by atoms with Crippen LogP contribution in [-0.4, -0.2) is 27.6 Å². The number of aromatic nitrogens is 2. The van der Waals surface area contributed by atoms with Crippen LogP contribution >= 0.6 is 11.6 Å². The SMILES string of the molecule is Cc1cc(C)n2ccc(C(=O)Nc3ccc(Cl)c(COC4C=NC=CC4)c3)c2n1. The van der Waals surface area contributed by atoms with E-state index in [9.17, 15) is 4.79 Å². The molecule has 1 aliphatic rings. The monoisotopic (exact) mass is 408 g/mol. The maximum atomic E-state index is 12.9. The fraction of sp³-hybridized carbons (Fsp3) is 0.227. The summed E-state index contributed by atoms with van der Waals surface area (Å²) in [5.74, 6) is -0.219. The van der Waals surface area contributed by atoms with Crippen molar-refractivity contribution in [3.63, 3.8) is 0 Å². The molecular weight excluding hydrogens is 388 g/mol. The molecule has 1 N–H and O–H groups in total. The van der Waals surface area contributed by atoms with Gasteiger partial charge in [-0.3, -0.25) is 9.79 Å². The molecule has 148 valence electrons. The minimum absolute atomic E-state index is 0.0698. The van der Waals surface area contributed by atoms with Gasteiger partial charge in [0.1, 0.15) is 5.65 Å². The number of nitrogens with zero attached hydrogens (tertiary/aromatic N) is 3. The zero-order valence-electron chi connectivity index (χ0n) is 16.2. The van der Waals surface area contributed by atoms with Crippen LogP contribution in [0, 0.1) is 13.8 Å². The van der Waals surface area contributed by atoms with Crippen LogP contribution in [0.3, 0.4) is 0 Å². The number of anilines is 1. The van der Waals surface area contributed by atoms with Crippen molar-refractivity contribution < 1.29 is 9.53 Å². The summed E-state index contributed by atoms with van der Waals surface area (Å²) in [6, 6.07) is 9.12. The highest BCUT2D eigenvalue weighted by atomic mass is 35.5. The van der Waals surface area contributed by atoms with Crippen molar-refractivity contribution in [1.29, 1.82) is 0 Å². The summed E-state index contributed by atoms with van der Waals surface area (Å²) < 4.78 is 7.76. The van der Waals surface area contributed by atoms with Gasteiger partial charge in [0.25, 0.3) is 5.91 Å². The molecule has 7 heteroatoms. The first-order chi connectivity index (χ1) is 14.0. The molecule has 0 bridgehead atoms. The minimum Gasteiger partial charge on any atom is -0.368 e. The number of hydrogen-bond acceptors (Lipinski definition) is 4. The second kappa shape index (κ2) is 8.19. The fourth-order valence-electron chi connectivity index (χ4n) is 3.30. The van der Waals surface area contributed by atoms with Crippen molar-refractivity contribution in [2.45, 2.75) is 33.0 Å². The lowest BCUT2D eigenvalue weighted by atomic mass is 10.2. The summed E-state index contributed by atoms with van der Waals surface area (Å²) in [6.45, 7) is 4.24. The zero-order valence-corrected chi connectivity index (χ0v) is 17.0. The van der Waals surface area contributed by atoms with Gasteiger partial charge in [-0.15, -0.1) is 0 Å². The highest BCUT2D eigenvalue weighted by Gasteiger charge is 2.15. The molecule has 0 aliphatic carbocycles. The number of nitrogens with one attached hydrogen (secondary N) is 1. The summed E-state index contributed by atoms with van der Waals surface area (Å²) in [5, 5.41) is 3.53. The Morgan fingerprint density at radius 3 is 2.97 bits per heavy atom. The Kier molecular flexibility index (Phi) is 5.47. The third-order valence-electron chi connectivity index (χ3n) is 4.75. The van der Waals surface area contributed by atoms with E-state index in [1.165, 1.54) is 0 Å². The van der Waals surface area contributed by atoms with E-state index in [1.807, 2.05) is 42.7 Å². The minimum atomic E-state index is -0.219. The molecule has 0 saturated carbocycles. The highest BCUT2D eigenvalue weighted by Crippen LogP contribution is 2.23. The molecule has 0 fully saturated rings. The van der Waals surface area contributed by atoms with E-state index in [-0.39, 0.29) is 12.0 Å². The van der Waals surface area contributed by atoms with E-state index in [0.29, 0.717) is 28.5 Å². The molecular formula is C22H21ClN4O2. The van der Waals surface area contributed by atoms with Gasteiger partial charge in [0.15, 0.2) is 0 Å². The number of aryl methyl sites for hydroxylation is 2. The van der Waals surface area contributed by atoms with Gasteiger partial charge < -0.3 is 14.5 Å². The molecule has 1 amide bonds. The third kappa shape index (κ3) is 4.23. The summed E-state index contributed by atoms with van der Waals surface area (Å²) in [6.07, 6.45) is 8.06. The number of fused-ring (bicyclic) bond motifs is 1. The second-order valence-corrected chi connectivity index (χ2v) is 7.40. The van der Waals surface area contributed by atoms with Crippen molar-refractivity contribution >= 4 is 35.1 Å². The number of carbonyl (C=O) groups is 1. The standard InChI is InChI=1S/C22H21ClN4O2/c1-14-10-15(2)27-9-7-19(21(27)25-14)22(28)26-17-5-6-20(23)16(11-17)13-29-18-4-3-8-24-12-18/h3,5-12,18H,4,13H2,1-2H3,(H,26,28). The van der Waals surface area contributed by atoms with Crippen LogP contribution in [0.1, 0.15) is 33.7 Å².